The Labute approximate surface area is 104 Å². The highest BCUT2D eigenvalue weighted by Crippen LogP contribution is 2.24. The van der Waals surface area contributed by atoms with E-state index in [2.05, 4.69) is 11.1 Å². The van der Waals surface area contributed by atoms with Crippen molar-refractivity contribution in [1.82, 2.24) is 4.98 Å². The van der Waals surface area contributed by atoms with Crippen LogP contribution in [0, 0.1) is 11.3 Å². The molecule has 0 aliphatic carbocycles. The number of benzene rings is 1. The number of ether oxygens (including phenoxy) is 1. The Hall–Kier alpha value is -2.32. The molecule has 0 aliphatic rings. The van der Waals surface area contributed by atoms with E-state index >= 15 is 0 Å². The first kappa shape index (κ1) is 12.1. The van der Waals surface area contributed by atoms with Crippen LogP contribution >= 0.6 is 0 Å². The third-order valence-electron chi connectivity index (χ3n) is 2.72. The van der Waals surface area contributed by atoms with Crippen LogP contribution in [0.2, 0.25) is 0 Å². The average molecular weight is 243 g/mol. The van der Waals surface area contributed by atoms with Gasteiger partial charge in [-0.3, -0.25) is 0 Å². The number of carbonyl (C=O) groups is 1. The van der Waals surface area contributed by atoms with Crippen LogP contribution in [0.15, 0.2) is 24.4 Å². The van der Waals surface area contributed by atoms with E-state index in [1.54, 1.807) is 31.3 Å². The SMILES string of the molecule is CCOC(=O)C(N)c1c[nH]c2ccc(C#N)cc12. The summed E-state index contributed by atoms with van der Waals surface area (Å²) >= 11 is 0. The van der Waals surface area contributed by atoms with Crippen molar-refractivity contribution in [2.75, 3.05) is 6.61 Å². The molecule has 0 saturated carbocycles. The number of hydrogen-bond acceptors (Lipinski definition) is 4. The van der Waals surface area contributed by atoms with Crippen LogP contribution in [0.3, 0.4) is 0 Å². The van der Waals surface area contributed by atoms with Crippen molar-refractivity contribution in [2.24, 2.45) is 5.73 Å². The van der Waals surface area contributed by atoms with Gasteiger partial charge < -0.3 is 15.5 Å². The maximum Gasteiger partial charge on any atom is 0.327 e. The Morgan fingerprint density at radius 2 is 2.39 bits per heavy atom. The third-order valence-corrected chi connectivity index (χ3v) is 2.72. The zero-order valence-corrected chi connectivity index (χ0v) is 9.93. The number of nitrogens with two attached hydrogens (primary N) is 1. The van der Waals surface area contributed by atoms with Crippen molar-refractivity contribution in [3.63, 3.8) is 0 Å². The van der Waals surface area contributed by atoms with Crippen LogP contribution in [0.4, 0.5) is 0 Å². The molecule has 0 aliphatic heterocycles. The number of aromatic amines is 1. The monoisotopic (exact) mass is 243 g/mol. The Bertz CT molecular complexity index is 625. The summed E-state index contributed by atoms with van der Waals surface area (Å²) in [4.78, 5) is 14.6. The van der Waals surface area contributed by atoms with E-state index in [0.29, 0.717) is 17.7 Å². The smallest absolute Gasteiger partial charge is 0.327 e. The second-order valence-electron chi connectivity index (χ2n) is 3.85. The van der Waals surface area contributed by atoms with Crippen LogP contribution in [0.25, 0.3) is 10.9 Å². The molecule has 1 unspecified atom stereocenters. The highest BCUT2D eigenvalue weighted by atomic mass is 16.5. The minimum atomic E-state index is -0.840. The Morgan fingerprint density at radius 3 is 3.06 bits per heavy atom. The molecule has 0 spiro atoms. The molecule has 2 aromatic rings. The van der Waals surface area contributed by atoms with E-state index in [-0.39, 0.29) is 0 Å². The lowest BCUT2D eigenvalue weighted by Crippen LogP contribution is -2.23. The van der Waals surface area contributed by atoms with Crippen molar-refractivity contribution >= 4 is 16.9 Å². The Morgan fingerprint density at radius 1 is 1.61 bits per heavy atom. The molecular formula is C13H13N3O2. The molecule has 18 heavy (non-hydrogen) atoms. The molecule has 1 aromatic carbocycles. The predicted molar refractivity (Wildman–Crippen MR) is 66.6 cm³/mol. The molecule has 0 fully saturated rings. The van der Waals surface area contributed by atoms with Crippen LogP contribution in [0.5, 0.6) is 0 Å². The van der Waals surface area contributed by atoms with Crippen molar-refractivity contribution in [3.8, 4) is 6.07 Å². The van der Waals surface area contributed by atoms with Crippen molar-refractivity contribution < 1.29 is 9.53 Å². The summed E-state index contributed by atoms with van der Waals surface area (Å²) < 4.78 is 4.89. The van der Waals surface area contributed by atoms with E-state index < -0.39 is 12.0 Å². The molecule has 2 rings (SSSR count). The normalized spacial score (nSPS) is 12.1. The number of rotatable bonds is 3. The standard InChI is InChI=1S/C13H13N3O2/c1-2-18-13(17)12(15)10-7-16-11-4-3-8(6-14)5-9(10)11/h3-5,7,12,16H,2,15H2,1H3. The van der Waals surface area contributed by atoms with Crippen molar-refractivity contribution in [1.29, 1.82) is 5.26 Å². The number of hydrogen-bond donors (Lipinski definition) is 2. The minimum Gasteiger partial charge on any atom is -0.465 e. The lowest BCUT2D eigenvalue weighted by molar-refractivity contribution is -0.144. The number of aromatic nitrogens is 1. The van der Waals surface area contributed by atoms with Gasteiger partial charge in [-0.25, -0.2) is 4.79 Å². The van der Waals surface area contributed by atoms with Gasteiger partial charge in [0.15, 0.2) is 0 Å². The van der Waals surface area contributed by atoms with Gasteiger partial charge in [0.05, 0.1) is 18.2 Å². The van der Waals surface area contributed by atoms with Gasteiger partial charge in [-0.2, -0.15) is 5.26 Å². The van der Waals surface area contributed by atoms with E-state index in [4.69, 9.17) is 15.7 Å². The topological polar surface area (TPSA) is 91.9 Å². The largest absolute Gasteiger partial charge is 0.465 e. The average Bonchev–Trinajstić information content (AvgIpc) is 2.80. The summed E-state index contributed by atoms with van der Waals surface area (Å²) in [5.74, 6) is -0.472. The van der Waals surface area contributed by atoms with Crippen LogP contribution in [-0.4, -0.2) is 17.6 Å². The van der Waals surface area contributed by atoms with E-state index in [0.717, 1.165) is 10.9 Å². The molecule has 1 heterocycles. The number of esters is 1. The number of fused-ring (bicyclic) bond motifs is 1. The maximum atomic E-state index is 11.6. The van der Waals surface area contributed by atoms with Gasteiger partial charge in [-0.15, -0.1) is 0 Å². The van der Waals surface area contributed by atoms with Crippen molar-refractivity contribution in [2.45, 2.75) is 13.0 Å². The highest BCUT2D eigenvalue weighted by Gasteiger charge is 2.20. The number of H-pyrrole nitrogens is 1. The van der Waals surface area contributed by atoms with Crippen LogP contribution in [0.1, 0.15) is 24.1 Å². The second-order valence-corrected chi connectivity index (χ2v) is 3.85. The van der Waals surface area contributed by atoms with Gasteiger partial charge in [0.25, 0.3) is 0 Å². The molecule has 0 amide bonds. The fourth-order valence-corrected chi connectivity index (χ4v) is 1.83. The predicted octanol–water partition coefficient (Wildman–Crippen LogP) is 1.60. The van der Waals surface area contributed by atoms with Crippen LogP contribution < -0.4 is 5.73 Å². The summed E-state index contributed by atoms with van der Waals surface area (Å²) in [6, 6.07) is 6.42. The molecule has 1 atom stereocenters. The van der Waals surface area contributed by atoms with Gasteiger partial charge in [0.2, 0.25) is 0 Å². The van der Waals surface area contributed by atoms with E-state index in [1.165, 1.54) is 0 Å². The molecule has 0 saturated heterocycles. The van der Waals surface area contributed by atoms with Gasteiger partial charge in [-0.1, -0.05) is 0 Å². The minimum absolute atomic E-state index is 0.290. The molecule has 3 N–H and O–H groups in total. The second kappa shape index (κ2) is 4.90. The van der Waals surface area contributed by atoms with E-state index in [1.807, 2.05) is 0 Å². The number of nitrogens with one attached hydrogen (secondary N) is 1. The van der Waals surface area contributed by atoms with Crippen LogP contribution in [-0.2, 0) is 9.53 Å². The summed E-state index contributed by atoms with van der Waals surface area (Å²) in [5.41, 5.74) is 7.85. The van der Waals surface area contributed by atoms with Crippen molar-refractivity contribution in [3.05, 3.63) is 35.5 Å². The van der Waals surface area contributed by atoms with Gasteiger partial charge >= 0.3 is 5.97 Å². The summed E-state index contributed by atoms with van der Waals surface area (Å²) in [6.07, 6.45) is 1.67. The lowest BCUT2D eigenvalue weighted by atomic mass is 10.0. The lowest BCUT2D eigenvalue weighted by Gasteiger charge is -2.09. The number of nitriles is 1. The first-order chi connectivity index (χ1) is 8.67. The van der Waals surface area contributed by atoms with Gasteiger partial charge in [0.1, 0.15) is 6.04 Å². The summed E-state index contributed by atoms with van der Waals surface area (Å²) in [5, 5.41) is 9.65. The zero-order valence-electron chi connectivity index (χ0n) is 9.93. The zero-order chi connectivity index (χ0) is 13.1. The Balaban J connectivity index is 2.45. The molecule has 1 aromatic heterocycles. The molecule has 0 bridgehead atoms. The third kappa shape index (κ3) is 2.06. The number of nitrogens with zero attached hydrogens (tertiary/aromatic N) is 1. The first-order valence-corrected chi connectivity index (χ1v) is 5.60. The van der Waals surface area contributed by atoms with Gasteiger partial charge in [0, 0.05) is 22.7 Å². The quantitative estimate of drug-likeness (QED) is 0.801. The number of carbonyl (C=O) groups excluding carboxylic acids is 1. The molecule has 92 valence electrons. The molecule has 0 radical (unpaired) electrons. The molecule has 5 nitrogen and oxygen atoms in total. The fourth-order valence-electron chi connectivity index (χ4n) is 1.83. The maximum absolute atomic E-state index is 11.6. The summed E-state index contributed by atoms with van der Waals surface area (Å²) in [7, 11) is 0. The Kier molecular flexibility index (Phi) is 3.31. The van der Waals surface area contributed by atoms with E-state index in [9.17, 15) is 4.79 Å². The molecular weight excluding hydrogens is 230 g/mol. The highest BCUT2D eigenvalue weighted by molar-refractivity contribution is 5.90. The van der Waals surface area contributed by atoms with Gasteiger partial charge in [-0.05, 0) is 25.1 Å². The molecule has 5 heteroatoms. The first-order valence-electron chi connectivity index (χ1n) is 5.60. The summed E-state index contributed by atoms with van der Waals surface area (Å²) in [6.45, 7) is 2.02. The fraction of sp³-hybridized carbons (Fsp3) is 0.231.